The van der Waals surface area contributed by atoms with Gasteiger partial charge in [0.25, 0.3) is 0 Å². The standard InChI is InChI=1S/C11H18O4/c1-5-8-9(11(13,6-2)7-12)15-10(3,4)14-8/h5-6,8-9,12-13H,1-2,7H2,3-4H3/t8-,9-,11+/m0/s1. The van der Waals surface area contributed by atoms with Crippen LogP contribution in [0.15, 0.2) is 25.3 Å². The van der Waals surface area contributed by atoms with Crippen molar-refractivity contribution < 1.29 is 19.7 Å². The molecule has 0 unspecified atom stereocenters. The minimum Gasteiger partial charge on any atom is -0.393 e. The first-order chi connectivity index (χ1) is 6.88. The second kappa shape index (κ2) is 4.06. The molecule has 0 aromatic heterocycles. The molecule has 86 valence electrons. The quantitative estimate of drug-likeness (QED) is 0.673. The summed E-state index contributed by atoms with van der Waals surface area (Å²) < 4.78 is 11.0. The zero-order valence-electron chi connectivity index (χ0n) is 9.14. The van der Waals surface area contributed by atoms with Crippen LogP contribution in [-0.2, 0) is 9.47 Å². The van der Waals surface area contributed by atoms with E-state index in [1.807, 2.05) is 0 Å². The van der Waals surface area contributed by atoms with Crippen LogP contribution in [0, 0.1) is 0 Å². The van der Waals surface area contributed by atoms with Crippen molar-refractivity contribution in [3.05, 3.63) is 25.3 Å². The third-order valence-corrected chi connectivity index (χ3v) is 2.46. The molecule has 1 saturated heterocycles. The second-order valence-corrected chi connectivity index (χ2v) is 4.11. The molecule has 1 fully saturated rings. The van der Waals surface area contributed by atoms with Crippen molar-refractivity contribution in [2.75, 3.05) is 6.61 Å². The molecule has 15 heavy (non-hydrogen) atoms. The van der Waals surface area contributed by atoms with E-state index in [4.69, 9.17) is 14.6 Å². The Bertz CT molecular complexity index is 261. The van der Waals surface area contributed by atoms with Crippen LogP contribution in [0.4, 0.5) is 0 Å². The number of hydrogen-bond donors (Lipinski definition) is 2. The summed E-state index contributed by atoms with van der Waals surface area (Å²) in [5.41, 5.74) is -1.51. The highest BCUT2D eigenvalue weighted by atomic mass is 16.8. The smallest absolute Gasteiger partial charge is 0.164 e. The maximum atomic E-state index is 10.0. The summed E-state index contributed by atoms with van der Waals surface area (Å²) in [4.78, 5) is 0. The lowest BCUT2D eigenvalue weighted by Gasteiger charge is -2.30. The van der Waals surface area contributed by atoms with E-state index in [0.29, 0.717) is 0 Å². The minimum absolute atomic E-state index is 0.463. The van der Waals surface area contributed by atoms with E-state index in [1.165, 1.54) is 6.08 Å². The molecule has 1 heterocycles. The molecule has 0 saturated carbocycles. The summed E-state index contributed by atoms with van der Waals surface area (Å²) in [6.07, 6.45) is 1.66. The monoisotopic (exact) mass is 214 g/mol. The van der Waals surface area contributed by atoms with E-state index in [9.17, 15) is 5.11 Å². The number of aliphatic hydroxyl groups is 2. The van der Waals surface area contributed by atoms with Crippen molar-refractivity contribution in [2.24, 2.45) is 0 Å². The van der Waals surface area contributed by atoms with E-state index in [-0.39, 0.29) is 0 Å². The van der Waals surface area contributed by atoms with Crippen molar-refractivity contribution in [3.8, 4) is 0 Å². The van der Waals surface area contributed by atoms with Gasteiger partial charge in [-0.25, -0.2) is 0 Å². The third-order valence-electron chi connectivity index (χ3n) is 2.46. The topological polar surface area (TPSA) is 58.9 Å². The van der Waals surface area contributed by atoms with Gasteiger partial charge >= 0.3 is 0 Å². The zero-order chi connectivity index (χ0) is 11.7. The first kappa shape index (κ1) is 12.4. The van der Waals surface area contributed by atoms with Gasteiger partial charge in [-0.3, -0.25) is 0 Å². The van der Waals surface area contributed by atoms with Gasteiger partial charge in [0.2, 0.25) is 0 Å². The highest BCUT2D eigenvalue weighted by Crippen LogP contribution is 2.34. The summed E-state index contributed by atoms with van der Waals surface area (Å²) in [7, 11) is 0. The molecule has 1 aliphatic rings. The average Bonchev–Trinajstić information content (AvgIpc) is 2.53. The molecular weight excluding hydrogens is 196 g/mol. The molecule has 0 aliphatic carbocycles. The normalized spacial score (nSPS) is 33.3. The van der Waals surface area contributed by atoms with E-state index >= 15 is 0 Å². The van der Waals surface area contributed by atoms with Gasteiger partial charge in [0.1, 0.15) is 17.8 Å². The van der Waals surface area contributed by atoms with Crippen molar-refractivity contribution in [2.45, 2.75) is 37.4 Å². The molecule has 0 amide bonds. The summed E-state index contributed by atoms with van der Waals surface area (Å²) in [5, 5.41) is 19.2. The Labute approximate surface area is 89.8 Å². The van der Waals surface area contributed by atoms with E-state index < -0.39 is 30.2 Å². The number of rotatable bonds is 4. The molecule has 0 bridgehead atoms. The molecule has 1 rings (SSSR count). The van der Waals surface area contributed by atoms with E-state index in [2.05, 4.69) is 13.2 Å². The van der Waals surface area contributed by atoms with E-state index in [1.54, 1.807) is 19.9 Å². The van der Waals surface area contributed by atoms with Gasteiger partial charge in [0.05, 0.1) is 6.61 Å². The lowest BCUT2D eigenvalue weighted by molar-refractivity contribution is -0.167. The SMILES string of the molecule is C=C[C@@H]1OC(C)(C)O[C@@H]1[C@@](O)(C=C)CO. The van der Waals surface area contributed by atoms with Crippen LogP contribution in [0.2, 0.25) is 0 Å². The Morgan fingerprint density at radius 2 is 2.00 bits per heavy atom. The summed E-state index contributed by atoms with van der Waals surface area (Å²) in [6.45, 7) is 10.1. The van der Waals surface area contributed by atoms with Crippen LogP contribution < -0.4 is 0 Å². The molecule has 0 aromatic rings. The fourth-order valence-electron chi connectivity index (χ4n) is 1.62. The van der Waals surface area contributed by atoms with Gasteiger partial charge in [-0.05, 0) is 13.8 Å². The fraction of sp³-hybridized carbons (Fsp3) is 0.636. The molecule has 2 N–H and O–H groups in total. The third kappa shape index (κ3) is 2.29. The van der Waals surface area contributed by atoms with Gasteiger partial charge in [-0.15, -0.1) is 13.2 Å². The van der Waals surface area contributed by atoms with Crippen LogP contribution in [-0.4, -0.2) is 40.4 Å². The molecule has 0 aromatic carbocycles. The summed E-state index contributed by atoms with van der Waals surface area (Å²) in [5.74, 6) is -0.796. The molecule has 4 heteroatoms. The maximum absolute atomic E-state index is 10.0. The highest BCUT2D eigenvalue weighted by molar-refractivity contribution is 5.10. The first-order valence-corrected chi connectivity index (χ1v) is 4.83. The Balaban J connectivity index is 2.93. The Morgan fingerprint density at radius 3 is 2.40 bits per heavy atom. The molecule has 0 spiro atoms. The molecule has 1 aliphatic heterocycles. The molecule has 3 atom stereocenters. The van der Waals surface area contributed by atoms with Crippen LogP contribution >= 0.6 is 0 Å². The lowest BCUT2D eigenvalue weighted by Crippen LogP contribution is -2.48. The van der Waals surface area contributed by atoms with Crippen LogP contribution in [0.3, 0.4) is 0 Å². The Kier molecular flexibility index (Phi) is 3.35. The van der Waals surface area contributed by atoms with Crippen molar-refractivity contribution in [3.63, 3.8) is 0 Å². The predicted octanol–water partition coefficient (Wildman–Crippen LogP) is 0.602. The van der Waals surface area contributed by atoms with Crippen LogP contribution in [0.25, 0.3) is 0 Å². The van der Waals surface area contributed by atoms with E-state index in [0.717, 1.165) is 0 Å². The molecular formula is C11H18O4. The predicted molar refractivity (Wildman–Crippen MR) is 56.3 cm³/mol. The highest BCUT2D eigenvalue weighted by Gasteiger charge is 2.49. The van der Waals surface area contributed by atoms with Crippen LogP contribution in [0.5, 0.6) is 0 Å². The van der Waals surface area contributed by atoms with Crippen molar-refractivity contribution >= 4 is 0 Å². The first-order valence-electron chi connectivity index (χ1n) is 4.83. The zero-order valence-corrected chi connectivity index (χ0v) is 9.14. The molecule has 4 nitrogen and oxygen atoms in total. The lowest BCUT2D eigenvalue weighted by atomic mass is 9.93. The minimum atomic E-state index is -1.51. The van der Waals surface area contributed by atoms with Gasteiger partial charge in [0, 0.05) is 0 Å². The van der Waals surface area contributed by atoms with Crippen molar-refractivity contribution in [1.82, 2.24) is 0 Å². The number of ether oxygens (including phenoxy) is 2. The van der Waals surface area contributed by atoms with Gasteiger partial charge in [-0.2, -0.15) is 0 Å². The van der Waals surface area contributed by atoms with Crippen molar-refractivity contribution in [1.29, 1.82) is 0 Å². The van der Waals surface area contributed by atoms with Gasteiger partial charge in [0.15, 0.2) is 5.79 Å². The maximum Gasteiger partial charge on any atom is 0.164 e. The Hall–Kier alpha value is -0.680. The Morgan fingerprint density at radius 1 is 1.40 bits per heavy atom. The second-order valence-electron chi connectivity index (χ2n) is 4.11. The van der Waals surface area contributed by atoms with Gasteiger partial charge < -0.3 is 19.7 Å². The van der Waals surface area contributed by atoms with Crippen LogP contribution in [0.1, 0.15) is 13.8 Å². The average molecular weight is 214 g/mol. The summed E-state index contributed by atoms with van der Waals surface area (Å²) in [6, 6.07) is 0. The fourth-order valence-corrected chi connectivity index (χ4v) is 1.62. The largest absolute Gasteiger partial charge is 0.393 e. The summed E-state index contributed by atoms with van der Waals surface area (Å²) >= 11 is 0. The number of hydrogen-bond acceptors (Lipinski definition) is 4. The molecule has 0 radical (unpaired) electrons. The van der Waals surface area contributed by atoms with Gasteiger partial charge in [-0.1, -0.05) is 12.2 Å². The number of aliphatic hydroxyl groups excluding tert-OH is 1.